The summed E-state index contributed by atoms with van der Waals surface area (Å²) in [5.74, 6) is -0.906. The molecular weight excluding hydrogens is 371 g/mol. The number of hydrogen-bond donors (Lipinski definition) is 2. The molecule has 2 unspecified atom stereocenters. The number of halogens is 2. The van der Waals surface area contributed by atoms with Crippen molar-refractivity contribution in [3.8, 4) is 0 Å². The minimum atomic E-state index is -1.04. The Hall–Kier alpha value is -1.63. The number of benzene rings is 1. The molecule has 1 amide bonds. The maximum absolute atomic E-state index is 12.2. The smallest absolute Gasteiger partial charge is 0.355 e. The standard InChI is InChI=1S/C16H14Cl2N2O3S/c17-11-2-1-8(5-12(11)18)9-6-10(9)15(21)19-4-3-14-20-13(7-24-14)16(22)23/h1-2,5,7,9-10H,3-4,6H2,(H,19,21)(H,22,23). The molecule has 1 aliphatic rings. The largest absolute Gasteiger partial charge is 0.476 e. The van der Waals surface area contributed by atoms with Crippen molar-refractivity contribution in [3.05, 3.63) is 49.9 Å². The van der Waals surface area contributed by atoms with Crippen LogP contribution >= 0.6 is 34.5 Å². The molecule has 3 rings (SSSR count). The fourth-order valence-electron chi connectivity index (χ4n) is 2.54. The van der Waals surface area contributed by atoms with E-state index in [4.69, 9.17) is 28.3 Å². The zero-order valence-electron chi connectivity index (χ0n) is 12.5. The normalized spacial score (nSPS) is 19.1. The van der Waals surface area contributed by atoms with E-state index in [1.807, 2.05) is 12.1 Å². The zero-order valence-corrected chi connectivity index (χ0v) is 14.8. The van der Waals surface area contributed by atoms with Crippen molar-refractivity contribution in [2.45, 2.75) is 18.8 Å². The van der Waals surface area contributed by atoms with Crippen LogP contribution in [0.15, 0.2) is 23.6 Å². The van der Waals surface area contributed by atoms with Crippen LogP contribution in [0.4, 0.5) is 0 Å². The Balaban J connectivity index is 1.48. The second kappa shape index (κ2) is 7.09. The Morgan fingerprint density at radius 2 is 2.12 bits per heavy atom. The van der Waals surface area contributed by atoms with Crippen molar-refractivity contribution < 1.29 is 14.7 Å². The number of hydrogen-bond acceptors (Lipinski definition) is 4. The summed E-state index contributed by atoms with van der Waals surface area (Å²) in [6, 6.07) is 5.45. The predicted octanol–water partition coefficient (Wildman–Crippen LogP) is 3.61. The number of nitrogens with zero attached hydrogens (tertiary/aromatic N) is 1. The highest BCUT2D eigenvalue weighted by atomic mass is 35.5. The number of nitrogens with one attached hydrogen (secondary N) is 1. The summed E-state index contributed by atoms with van der Waals surface area (Å²) < 4.78 is 0. The van der Waals surface area contributed by atoms with Crippen LogP contribution in [0.3, 0.4) is 0 Å². The molecule has 0 bridgehead atoms. The summed E-state index contributed by atoms with van der Waals surface area (Å²) in [7, 11) is 0. The van der Waals surface area contributed by atoms with Gasteiger partial charge in [-0.25, -0.2) is 9.78 Å². The molecule has 2 atom stereocenters. The third kappa shape index (κ3) is 3.88. The maximum Gasteiger partial charge on any atom is 0.355 e. The van der Waals surface area contributed by atoms with Gasteiger partial charge >= 0.3 is 5.97 Å². The molecule has 1 aliphatic carbocycles. The van der Waals surface area contributed by atoms with E-state index in [1.165, 1.54) is 16.7 Å². The van der Waals surface area contributed by atoms with Crippen molar-refractivity contribution in [3.63, 3.8) is 0 Å². The molecule has 2 N–H and O–H groups in total. The quantitative estimate of drug-likeness (QED) is 0.796. The number of carboxylic acids is 1. The monoisotopic (exact) mass is 384 g/mol. The zero-order chi connectivity index (χ0) is 17.3. The van der Waals surface area contributed by atoms with Crippen molar-refractivity contribution in [2.75, 3.05) is 6.54 Å². The van der Waals surface area contributed by atoms with Gasteiger partial charge in [0.1, 0.15) is 0 Å². The number of aromatic nitrogens is 1. The molecule has 0 radical (unpaired) electrons. The van der Waals surface area contributed by atoms with Crippen LogP contribution in [0.5, 0.6) is 0 Å². The van der Waals surface area contributed by atoms with Gasteiger partial charge in [-0.2, -0.15) is 0 Å². The molecule has 5 nitrogen and oxygen atoms in total. The van der Waals surface area contributed by atoms with Gasteiger partial charge in [-0.15, -0.1) is 11.3 Å². The number of carbonyl (C=O) groups is 2. The van der Waals surface area contributed by atoms with Gasteiger partial charge in [0.15, 0.2) is 5.69 Å². The molecule has 1 fully saturated rings. The fraction of sp³-hybridized carbons (Fsp3) is 0.312. The number of amides is 1. The second-order valence-corrected chi connectivity index (χ2v) is 7.35. The lowest BCUT2D eigenvalue weighted by Gasteiger charge is -2.05. The summed E-state index contributed by atoms with van der Waals surface area (Å²) >= 11 is 13.2. The molecule has 2 aromatic rings. The van der Waals surface area contributed by atoms with E-state index in [0.717, 1.165) is 12.0 Å². The Labute approximate surface area is 152 Å². The summed E-state index contributed by atoms with van der Waals surface area (Å²) in [4.78, 5) is 26.9. The van der Waals surface area contributed by atoms with Crippen molar-refractivity contribution >= 4 is 46.4 Å². The Morgan fingerprint density at radius 3 is 2.79 bits per heavy atom. The number of rotatable bonds is 6. The molecule has 0 aliphatic heterocycles. The highest BCUT2D eigenvalue weighted by Gasteiger charge is 2.43. The predicted molar refractivity (Wildman–Crippen MR) is 93.1 cm³/mol. The highest BCUT2D eigenvalue weighted by molar-refractivity contribution is 7.09. The summed E-state index contributed by atoms with van der Waals surface area (Å²) in [5.41, 5.74) is 1.07. The van der Waals surface area contributed by atoms with Crippen molar-refractivity contribution in [1.29, 1.82) is 0 Å². The molecule has 0 spiro atoms. The lowest BCUT2D eigenvalue weighted by atomic mass is 10.1. The molecule has 0 saturated heterocycles. The highest BCUT2D eigenvalue weighted by Crippen LogP contribution is 2.48. The van der Waals surface area contributed by atoms with E-state index in [0.29, 0.717) is 28.0 Å². The number of carboxylic acid groups (broad SMARTS) is 1. The number of thiazole rings is 1. The van der Waals surface area contributed by atoms with Crippen LogP contribution in [0.1, 0.15) is 33.4 Å². The third-order valence-electron chi connectivity index (χ3n) is 3.91. The minimum Gasteiger partial charge on any atom is -0.476 e. The van der Waals surface area contributed by atoms with E-state index in [1.54, 1.807) is 6.07 Å². The molecule has 1 aromatic heterocycles. The van der Waals surface area contributed by atoms with Crippen LogP contribution in [-0.4, -0.2) is 28.5 Å². The van der Waals surface area contributed by atoms with Crippen LogP contribution in [0, 0.1) is 5.92 Å². The van der Waals surface area contributed by atoms with Crippen LogP contribution in [0.25, 0.3) is 0 Å². The minimum absolute atomic E-state index is 0.00101. The van der Waals surface area contributed by atoms with E-state index in [2.05, 4.69) is 10.3 Å². The molecule has 1 aromatic carbocycles. The Kier molecular flexibility index (Phi) is 5.08. The first-order chi connectivity index (χ1) is 11.5. The van der Waals surface area contributed by atoms with E-state index in [9.17, 15) is 9.59 Å². The lowest BCUT2D eigenvalue weighted by Crippen LogP contribution is -2.27. The average Bonchev–Trinajstić information content (AvgIpc) is 3.20. The van der Waals surface area contributed by atoms with Crippen molar-refractivity contribution in [1.82, 2.24) is 10.3 Å². The van der Waals surface area contributed by atoms with Gasteiger partial charge in [-0.05, 0) is 30.0 Å². The summed E-state index contributed by atoms with van der Waals surface area (Å²) in [6.07, 6.45) is 1.32. The van der Waals surface area contributed by atoms with Gasteiger partial charge in [0.25, 0.3) is 0 Å². The Bertz CT molecular complexity index is 793. The van der Waals surface area contributed by atoms with Crippen molar-refractivity contribution in [2.24, 2.45) is 5.92 Å². The molecular formula is C16H14Cl2N2O3S. The van der Waals surface area contributed by atoms with E-state index >= 15 is 0 Å². The van der Waals surface area contributed by atoms with E-state index < -0.39 is 5.97 Å². The lowest BCUT2D eigenvalue weighted by molar-refractivity contribution is -0.122. The summed E-state index contributed by atoms with van der Waals surface area (Å²) in [5, 5.41) is 14.9. The topological polar surface area (TPSA) is 79.3 Å². The second-order valence-electron chi connectivity index (χ2n) is 5.59. The molecule has 126 valence electrons. The first-order valence-corrected chi connectivity index (χ1v) is 8.99. The molecule has 24 heavy (non-hydrogen) atoms. The Morgan fingerprint density at radius 1 is 1.33 bits per heavy atom. The maximum atomic E-state index is 12.2. The van der Waals surface area contributed by atoms with Gasteiger partial charge in [0.05, 0.1) is 15.1 Å². The molecule has 8 heteroatoms. The first-order valence-electron chi connectivity index (χ1n) is 7.36. The van der Waals surface area contributed by atoms with Gasteiger partial charge in [-0.3, -0.25) is 4.79 Å². The SMILES string of the molecule is O=C(O)c1csc(CCNC(=O)C2CC2c2ccc(Cl)c(Cl)c2)n1. The fourth-order valence-corrected chi connectivity index (χ4v) is 3.62. The first kappa shape index (κ1) is 17.2. The molecule has 1 heterocycles. The average molecular weight is 385 g/mol. The van der Waals surface area contributed by atoms with Gasteiger partial charge < -0.3 is 10.4 Å². The summed E-state index contributed by atoms with van der Waals surface area (Å²) in [6.45, 7) is 0.440. The molecule has 1 saturated carbocycles. The number of aromatic carboxylic acids is 1. The third-order valence-corrected chi connectivity index (χ3v) is 5.56. The van der Waals surface area contributed by atoms with Crippen LogP contribution in [0.2, 0.25) is 10.0 Å². The van der Waals surface area contributed by atoms with E-state index in [-0.39, 0.29) is 23.4 Å². The van der Waals surface area contributed by atoms with Crippen LogP contribution < -0.4 is 5.32 Å². The van der Waals surface area contributed by atoms with Crippen LogP contribution in [-0.2, 0) is 11.2 Å². The van der Waals surface area contributed by atoms with Gasteiger partial charge in [0.2, 0.25) is 5.91 Å². The number of carbonyl (C=O) groups excluding carboxylic acids is 1. The van der Waals surface area contributed by atoms with Gasteiger partial charge in [-0.1, -0.05) is 29.3 Å². The van der Waals surface area contributed by atoms with Gasteiger partial charge in [0, 0.05) is 24.3 Å².